The average molecular weight is 337 g/mol. The van der Waals surface area contributed by atoms with E-state index in [2.05, 4.69) is 0 Å². The molecule has 25 heavy (non-hydrogen) atoms. The number of nitrogens with two attached hydrogens (primary N) is 1. The van der Waals surface area contributed by atoms with Crippen LogP contribution in [0.25, 0.3) is 22.3 Å². The summed E-state index contributed by atoms with van der Waals surface area (Å²) in [5.74, 6) is -1.50. The maximum Gasteiger partial charge on any atom is 0.181 e. The van der Waals surface area contributed by atoms with E-state index in [1.165, 1.54) is 18.2 Å². The molecule has 0 heterocycles. The second kappa shape index (κ2) is 6.09. The van der Waals surface area contributed by atoms with Crippen molar-refractivity contribution in [1.29, 1.82) is 0 Å². The van der Waals surface area contributed by atoms with E-state index in [1.54, 1.807) is 30.3 Å². The third-order valence-corrected chi connectivity index (χ3v) is 3.92. The summed E-state index contributed by atoms with van der Waals surface area (Å²) in [6.45, 7) is 0. The van der Waals surface area contributed by atoms with Crippen LogP contribution in [0.1, 0.15) is 10.4 Å². The molecule has 0 unspecified atom stereocenters. The van der Waals surface area contributed by atoms with Gasteiger partial charge in [-0.25, -0.2) is 0 Å². The third kappa shape index (κ3) is 2.92. The molecular weight excluding hydrogens is 322 g/mol. The molecule has 0 bridgehead atoms. The fraction of sp³-hybridized carbons (Fsp3) is 0. The minimum Gasteiger partial charge on any atom is -0.504 e. The molecular formula is C19H15NO5. The Kier molecular flexibility index (Phi) is 3.94. The highest BCUT2D eigenvalue weighted by Crippen LogP contribution is 2.38. The summed E-state index contributed by atoms with van der Waals surface area (Å²) < 4.78 is 0. The van der Waals surface area contributed by atoms with Gasteiger partial charge in [-0.05, 0) is 46.5 Å². The molecule has 3 aromatic rings. The van der Waals surface area contributed by atoms with Crippen LogP contribution >= 0.6 is 0 Å². The summed E-state index contributed by atoms with van der Waals surface area (Å²) in [6, 6.07) is 12.8. The van der Waals surface area contributed by atoms with E-state index in [-0.39, 0.29) is 28.5 Å². The van der Waals surface area contributed by atoms with Gasteiger partial charge in [0, 0.05) is 0 Å². The zero-order valence-electron chi connectivity index (χ0n) is 13.0. The monoisotopic (exact) mass is 337 g/mol. The number of nitrogen functional groups attached to an aromatic ring is 1. The van der Waals surface area contributed by atoms with E-state index in [9.17, 15) is 25.2 Å². The lowest BCUT2D eigenvalue weighted by molar-refractivity contribution is 0.112. The number of carbonyl (C=O) groups excluding carboxylic acids is 1. The number of aldehydes is 1. The molecule has 0 aliphatic heterocycles. The van der Waals surface area contributed by atoms with Crippen molar-refractivity contribution in [2.24, 2.45) is 0 Å². The van der Waals surface area contributed by atoms with Crippen molar-refractivity contribution in [2.45, 2.75) is 0 Å². The van der Waals surface area contributed by atoms with Crippen LogP contribution in [0.2, 0.25) is 0 Å². The largest absolute Gasteiger partial charge is 0.504 e. The van der Waals surface area contributed by atoms with E-state index >= 15 is 0 Å². The van der Waals surface area contributed by atoms with Gasteiger partial charge < -0.3 is 26.2 Å². The maximum atomic E-state index is 11.0. The fourth-order valence-corrected chi connectivity index (χ4v) is 2.56. The molecule has 126 valence electrons. The normalized spacial score (nSPS) is 10.6. The summed E-state index contributed by atoms with van der Waals surface area (Å²) >= 11 is 0. The predicted molar refractivity (Wildman–Crippen MR) is 93.8 cm³/mol. The van der Waals surface area contributed by atoms with Crippen molar-refractivity contribution in [3.05, 3.63) is 54.1 Å². The lowest BCUT2D eigenvalue weighted by Gasteiger charge is -2.09. The molecule has 3 aromatic carbocycles. The Morgan fingerprint density at radius 2 is 1.16 bits per heavy atom. The first-order chi connectivity index (χ1) is 11.9. The minimum absolute atomic E-state index is 0.00435. The molecule has 0 amide bonds. The number of aromatic hydroxyl groups is 4. The Morgan fingerprint density at radius 1 is 0.680 bits per heavy atom. The van der Waals surface area contributed by atoms with E-state index in [0.717, 1.165) is 11.1 Å². The lowest BCUT2D eigenvalue weighted by atomic mass is 9.98. The van der Waals surface area contributed by atoms with E-state index in [0.29, 0.717) is 17.4 Å². The molecule has 0 spiro atoms. The number of phenolic OH excluding ortho intramolecular Hbond substituents is 4. The van der Waals surface area contributed by atoms with Crippen LogP contribution < -0.4 is 5.73 Å². The lowest BCUT2D eigenvalue weighted by Crippen LogP contribution is -1.88. The van der Waals surface area contributed by atoms with Gasteiger partial charge in [-0.2, -0.15) is 0 Å². The van der Waals surface area contributed by atoms with Crippen LogP contribution in [0.15, 0.2) is 48.5 Å². The molecule has 0 saturated heterocycles. The summed E-state index contributed by atoms with van der Waals surface area (Å²) in [5, 5.41) is 38.5. The van der Waals surface area contributed by atoms with Crippen molar-refractivity contribution in [2.75, 3.05) is 5.73 Å². The van der Waals surface area contributed by atoms with Gasteiger partial charge in [0.2, 0.25) is 0 Å². The zero-order valence-corrected chi connectivity index (χ0v) is 13.0. The molecule has 6 N–H and O–H groups in total. The van der Waals surface area contributed by atoms with Crippen molar-refractivity contribution in [3.63, 3.8) is 0 Å². The number of phenols is 4. The van der Waals surface area contributed by atoms with Crippen molar-refractivity contribution in [3.8, 4) is 45.3 Å². The van der Waals surface area contributed by atoms with Gasteiger partial charge in [0.1, 0.15) is 0 Å². The highest BCUT2D eigenvalue weighted by molar-refractivity contribution is 5.85. The van der Waals surface area contributed by atoms with Crippen molar-refractivity contribution >= 4 is 12.0 Å². The van der Waals surface area contributed by atoms with Gasteiger partial charge in [0.15, 0.2) is 29.3 Å². The molecule has 6 nitrogen and oxygen atoms in total. The number of benzene rings is 3. The van der Waals surface area contributed by atoms with Gasteiger partial charge in [0.05, 0.1) is 11.3 Å². The first-order valence-corrected chi connectivity index (χ1v) is 7.34. The summed E-state index contributed by atoms with van der Waals surface area (Å²) in [4.78, 5) is 11.0. The third-order valence-electron chi connectivity index (χ3n) is 3.92. The van der Waals surface area contributed by atoms with Crippen molar-refractivity contribution < 1.29 is 25.2 Å². The standard InChI is InChI=1S/C19H15NO5/c20-15-6-13(8-17(23)19(15)25)11-3-1-10(2-4-11)12-5-14(9-21)18(24)16(22)7-12/h1-9,22-25H,20H2. The van der Waals surface area contributed by atoms with Gasteiger partial charge in [-0.15, -0.1) is 0 Å². The molecule has 0 fully saturated rings. The molecule has 0 atom stereocenters. The van der Waals surface area contributed by atoms with Gasteiger partial charge in [-0.3, -0.25) is 4.79 Å². The highest BCUT2D eigenvalue weighted by Gasteiger charge is 2.11. The summed E-state index contributed by atoms with van der Waals surface area (Å²) in [6.07, 6.45) is 0.467. The van der Waals surface area contributed by atoms with Crippen LogP contribution in [0, 0.1) is 0 Å². The Bertz CT molecular complexity index is 941. The number of anilines is 1. The van der Waals surface area contributed by atoms with Crippen LogP contribution in [0.4, 0.5) is 5.69 Å². The minimum atomic E-state index is -0.453. The van der Waals surface area contributed by atoms with Crippen LogP contribution in [0.3, 0.4) is 0 Å². The van der Waals surface area contributed by atoms with E-state index in [1.807, 2.05) is 0 Å². The number of hydrogen-bond donors (Lipinski definition) is 5. The quantitative estimate of drug-likeness (QED) is 0.284. The summed E-state index contributed by atoms with van der Waals surface area (Å²) in [5.41, 5.74) is 8.38. The Balaban J connectivity index is 2.01. The second-order valence-electron chi connectivity index (χ2n) is 5.56. The molecule has 0 aromatic heterocycles. The predicted octanol–water partition coefficient (Wildman–Crippen LogP) is 3.24. The average Bonchev–Trinajstić information content (AvgIpc) is 2.61. The van der Waals surface area contributed by atoms with Crippen molar-refractivity contribution in [1.82, 2.24) is 0 Å². The summed E-state index contributed by atoms with van der Waals surface area (Å²) in [7, 11) is 0. The molecule has 0 saturated carbocycles. The highest BCUT2D eigenvalue weighted by atomic mass is 16.3. The molecule has 6 heteroatoms. The number of hydrogen-bond acceptors (Lipinski definition) is 6. The van der Waals surface area contributed by atoms with E-state index < -0.39 is 5.75 Å². The topological polar surface area (TPSA) is 124 Å². The van der Waals surface area contributed by atoms with Crippen LogP contribution in [0.5, 0.6) is 23.0 Å². The molecule has 3 rings (SSSR count). The van der Waals surface area contributed by atoms with E-state index in [4.69, 9.17) is 5.73 Å². The first-order valence-electron chi connectivity index (χ1n) is 7.34. The maximum absolute atomic E-state index is 11.0. The SMILES string of the molecule is Nc1cc(-c2ccc(-c3cc(O)c(O)c(C=O)c3)cc2)cc(O)c1O. The molecule has 0 radical (unpaired) electrons. The van der Waals surface area contributed by atoms with Crippen LogP contribution in [-0.2, 0) is 0 Å². The van der Waals surface area contributed by atoms with Gasteiger partial charge in [0.25, 0.3) is 0 Å². The smallest absolute Gasteiger partial charge is 0.181 e. The van der Waals surface area contributed by atoms with Crippen LogP contribution in [-0.4, -0.2) is 26.7 Å². The number of rotatable bonds is 3. The number of carbonyl (C=O) groups is 1. The zero-order chi connectivity index (χ0) is 18.1. The Hall–Kier alpha value is -3.67. The van der Waals surface area contributed by atoms with Gasteiger partial charge >= 0.3 is 0 Å². The Morgan fingerprint density at radius 3 is 1.64 bits per heavy atom. The fourth-order valence-electron chi connectivity index (χ4n) is 2.56. The first kappa shape index (κ1) is 16.2. The second-order valence-corrected chi connectivity index (χ2v) is 5.56. The Labute approximate surface area is 143 Å². The molecule has 0 aliphatic rings. The van der Waals surface area contributed by atoms with Gasteiger partial charge in [-0.1, -0.05) is 24.3 Å². The molecule has 0 aliphatic carbocycles.